The summed E-state index contributed by atoms with van der Waals surface area (Å²) in [7, 11) is -4.67. The lowest BCUT2D eigenvalue weighted by Crippen LogP contribution is -2.24. The smallest absolute Gasteiger partial charge is 0.277 e. The molecule has 24 heavy (non-hydrogen) atoms. The number of furan rings is 1. The Morgan fingerprint density at radius 3 is 2.79 bits per heavy atom. The maximum Gasteiger partial charge on any atom is 0.277 e. The van der Waals surface area contributed by atoms with Crippen molar-refractivity contribution in [3.05, 3.63) is 45.6 Å². The number of hydrazone groups is 1. The van der Waals surface area contributed by atoms with Gasteiger partial charge in [0.2, 0.25) is 5.09 Å². The van der Waals surface area contributed by atoms with Gasteiger partial charge in [-0.3, -0.25) is 4.79 Å². The van der Waals surface area contributed by atoms with Crippen LogP contribution in [0.2, 0.25) is 5.02 Å². The molecule has 0 bridgehead atoms. The van der Waals surface area contributed by atoms with E-state index in [-0.39, 0.29) is 12.4 Å². The lowest BCUT2D eigenvalue weighted by atomic mass is 10.3. The number of nitrogens with one attached hydrogen (secondary N) is 1. The van der Waals surface area contributed by atoms with Crippen molar-refractivity contribution >= 4 is 49.8 Å². The molecule has 1 aromatic carbocycles. The van der Waals surface area contributed by atoms with Crippen molar-refractivity contribution in [1.29, 1.82) is 0 Å². The van der Waals surface area contributed by atoms with E-state index in [1.165, 1.54) is 6.07 Å². The molecule has 0 spiro atoms. The van der Waals surface area contributed by atoms with Crippen LogP contribution in [0, 0.1) is 0 Å². The lowest BCUT2D eigenvalue weighted by molar-refractivity contribution is -0.123. The second-order valence-electron chi connectivity index (χ2n) is 4.27. The van der Waals surface area contributed by atoms with Crippen molar-refractivity contribution in [1.82, 2.24) is 5.43 Å². The summed E-state index contributed by atoms with van der Waals surface area (Å²) in [6.45, 7) is -0.310. The summed E-state index contributed by atoms with van der Waals surface area (Å²) in [5.41, 5.74) is 2.16. The highest BCUT2D eigenvalue weighted by Crippen LogP contribution is 2.27. The zero-order valence-electron chi connectivity index (χ0n) is 11.7. The van der Waals surface area contributed by atoms with Crippen LogP contribution in [-0.2, 0) is 14.9 Å². The molecule has 0 saturated carbocycles. The first kappa shape index (κ1) is 18.5. The predicted molar refractivity (Wildman–Crippen MR) is 87.1 cm³/mol. The van der Waals surface area contributed by atoms with Crippen LogP contribution in [0.15, 0.2) is 49.4 Å². The van der Waals surface area contributed by atoms with Gasteiger partial charge in [0.15, 0.2) is 16.7 Å². The first-order valence-electron chi connectivity index (χ1n) is 6.21. The molecule has 0 aliphatic heterocycles. The normalized spacial score (nSPS) is 11.6. The molecule has 1 amide bonds. The Morgan fingerprint density at radius 2 is 2.17 bits per heavy atom. The molecule has 1 heterocycles. The summed E-state index contributed by atoms with van der Waals surface area (Å²) in [5.74, 6) is -0.141. The van der Waals surface area contributed by atoms with Gasteiger partial charge in [-0.05, 0) is 46.3 Å². The molecule has 0 radical (unpaired) electrons. The Hall–Kier alpha value is -1.88. The largest absolute Gasteiger partial charge is 0.742 e. The van der Waals surface area contributed by atoms with Crippen molar-refractivity contribution in [3.8, 4) is 5.75 Å². The number of carbonyl (C=O) groups excluding carboxylic acids is 1. The molecule has 0 fully saturated rings. The molecule has 1 aromatic heterocycles. The summed E-state index contributed by atoms with van der Waals surface area (Å²) in [5, 5.41) is 3.34. The van der Waals surface area contributed by atoms with Gasteiger partial charge in [-0.15, -0.1) is 0 Å². The van der Waals surface area contributed by atoms with Crippen LogP contribution in [0.1, 0.15) is 5.76 Å². The van der Waals surface area contributed by atoms with Crippen molar-refractivity contribution < 1.29 is 26.9 Å². The quantitative estimate of drug-likeness (QED) is 0.421. The lowest BCUT2D eigenvalue weighted by Gasteiger charge is -2.07. The zero-order chi connectivity index (χ0) is 17.7. The van der Waals surface area contributed by atoms with Gasteiger partial charge in [0.25, 0.3) is 5.91 Å². The highest BCUT2D eigenvalue weighted by Gasteiger charge is 2.07. The van der Waals surface area contributed by atoms with Gasteiger partial charge in [0.1, 0.15) is 11.5 Å². The Kier molecular flexibility index (Phi) is 5.99. The van der Waals surface area contributed by atoms with E-state index in [1.54, 1.807) is 18.2 Å². The highest BCUT2D eigenvalue weighted by atomic mass is 79.9. The minimum absolute atomic E-state index is 0.00825. The van der Waals surface area contributed by atoms with Gasteiger partial charge >= 0.3 is 0 Å². The Labute approximate surface area is 150 Å². The van der Waals surface area contributed by atoms with Crippen LogP contribution < -0.4 is 10.2 Å². The van der Waals surface area contributed by atoms with Gasteiger partial charge in [0, 0.05) is 5.02 Å². The van der Waals surface area contributed by atoms with Gasteiger partial charge in [0.05, 0.1) is 10.7 Å². The number of hydrogen-bond donors (Lipinski definition) is 1. The fourth-order valence-corrected chi connectivity index (χ4v) is 2.70. The molecule has 128 valence electrons. The molecule has 0 aliphatic rings. The Bertz CT molecular complexity index is 880. The second-order valence-corrected chi connectivity index (χ2v) is 6.87. The van der Waals surface area contributed by atoms with Crippen LogP contribution in [-0.4, -0.2) is 31.7 Å². The van der Waals surface area contributed by atoms with E-state index >= 15 is 0 Å². The highest BCUT2D eigenvalue weighted by molar-refractivity contribution is 9.10. The van der Waals surface area contributed by atoms with Crippen molar-refractivity contribution in [2.24, 2.45) is 5.10 Å². The molecule has 2 rings (SSSR count). The number of amides is 1. The molecule has 0 saturated heterocycles. The molecule has 8 nitrogen and oxygen atoms in total. The standard InChI is InChI=1S/C13H10BrClN2O6S/c14-10-5-8(15)1-3-11(10)22-7-12(18)17-16-6-9-2-4-13(23-9)24(19,20)21/h1-6H,7H2,(H,17,18)(H,19,20,21)/p-1/b16-6-. The number of carbonyl (C=O) groups is 1. The number of hydrogen-bond acceptors (Lipinski definition) is 7. The Morgan fingerprint density at radius 1 is 1.42 bits per heavy atom. The molecule has 11 heteroatoms. The average molecular weight is 437 g/mol. The van der Waals surface area contributed by atoms with Crippen LogP contribution in [0.3, 0.4) is 0 Å². The Balaban J connectivity index is 1.85. The topological polar surface area (TPSA) is 121 Å². The fraction of sp³-hybridized carbons (Fsp3) is 0.0769. The van der Waals surface area contributed by atoms with Gasteiger partial charge in [-0.2, -0.15) is 5.10 Å². The molecule has 0 atom stereocenters. The summed E-state index contributed by atoms with van der Waals surface area (Å²) >= 11 is 9.03. The van der Waals surface area contributed by atoms with Gasteiger partial charge in [-0.25, -0.2) is 13.8 Å². The van der Waals surface area contributed by atoms with E-state index in [4.69, 9.17) is 20.8 Å². The maximum absolute atomic E-state index is 11.6. The van der Waals surface area contributed by atoms with Crippen molar-refractivity contribution in [2.75, 3.05) is 6.61 Å². The van der Waals surface area contributed by atoms with Crippen LogP contribution in [0.4, 0.5) is 0 Å². The second kappa shape index (κ2) is 7.79. The molecule has 0 unspecified atom stereocenters. The predicted octanol–water partition coefficient (Wildman–Crippen LogP) is 2.13. The van der Waals surface area contributed by atoms with E-state index in [0.717, 1.165) is 12.3 Å². The molecule has 1 N–H and O–H groups in total. The number of benzene rings is 1. The third-order valence-electron chi connectivity index (χ3n) is 2.48. The third kappa shape index (κ3) is 5.34. The first-order chi connectivity index (χ1) is 11.3. The van der Waals surface area contributed by atoms with E-state index in [2.05, 4.69) is 26.5 Å². The van der Waals surface area contributed by atoms with Gasteiger partial charge in [-0.1, -0.05) is 11.6 Å². The minimum atomic E-state index is -4.67. The summed E-state index contributed by atoms with van der Waals surface area (Å²) in [6, 6.07) is 7.03. The fourth-order valence-electron chi connectivity index (χ4n) is 1.47. The number of nitrogens with zero attached hydrogens (tertiary/aromatic N) is 1. The number of rotatable bonds is 6. The van der Waals surface area contributed by atoms with E-state index in [1.807, 2.05) is 0 Å². The monoisotopic (exact) mass is 435 g/mol. The number of halogens is 2. The molecular weight excluding hydrogens is 428 g/mol. The third-order valence-corrected chi connectivity index (χ3v) is 4.05. The summed E-state index contributed by atoms with van der Waals surface area (Å²) in [6.07, 6.45) is 1.05. The van der Waals surface area contributed by atoms with Crippen molar-refractivity contribution in [2.45, 2.75) is 5.09 Å². The van der Waals surface area contributed by atoms with Crippen molar-refractivity contribution in [3.63, 3.8) is 0 Å². The van der Waals surface area contributed by atoms with Crippen LogP contribution in [0.5, 0.6) is 5.75 Å². The first-order valence-corrected chi connectivity index (χ1v) is 8.79. The van der Waals surface area contributed by atoms with Gasteiger partial charge < -0.3 is 13.7 Å². The zero-order valence-corrected chi connectivity index (χ0v) is 14.9. The molecule has 2 aromatic rings. The summed E-state index contributed by atoms with van der Waals surface area (Å²) in [4.78, 5) is 11.6. The van der Waals surface area contributed by atoms with E-state index in [9.17, 15) is 17.8 Å². The van der Waals surface area contributed by atoms with Crippen LogP contribution >= 0.6 is 27.5 Å². The molecule has 0 aliphatic carbocycles. The number of ether oxygens (including phenoxy) is 1. The minimum Gasteiger partial charge on any atom is -0.742 e. The average Bonchev–Trinajstić information content (AvgIpc) is 2.95. The SMILES string of the molecule is O=C(COc1ccc(Cl)cc1Br)N/N=C\c1ccc(S(=O)(=O)[O-])o1. The van der Waals surface area contributed by atoms with E-state index in [0.29, 0.717) is 15.2 Å². The van der Waals surface area contributed by atoms with Crippen LogP contribution in [0.25, 0.3) is 0 Å². The van der Waals surface area contributed by atoms with E-state index < -0.39 is 21.1 Å². The maximum atomic E-state index is 11.6. The summed E-state index contributed by atoms with van der Waals surface area (Å²) < 4.78 is 42.7. The molecular formula is C13H9BrClN2O6S-.